The van der Waals surface area contributed by atoms with Gasteiger partial charge >= 0.3 is 0 Å². The van der Waals surface area contributed by atoms with Gasteiger partial charge in [0, 0.05) is 22.8 Å². The van der Waals surface area contributed by atoms with E-state index in [4.69, 9.17) is 5.73 Å². The molecule has 0 spiro atoms. The molecule has 124 valence electrons. The molecule has 1 amide bonds. The zero-order chi connectivity index (χ0) is 17.3. The molecule has 0 aliphatic heterocycles. The van der Waals surface area contributed by atoms with Crippen molar-refractivity contribution in [2.75, 3.05) is 12.8 Å². The van der Waals surface area contributed by atoms with Gasteiger partial charge < -0.3 is 11.1 Å². The summed E-state index contributed by atoms with van der Waals surface area (Å²) in [7, 11) is 1.60. The van der Waals surface area contributed by atoms with Crippen molar-refractivity contribution >= 4 is 38.9 Å². The number of halogens is 1. The molecule has 1 aliphatic rings. The number of aliphatic imine (C=N–C) groups is 1. The molecule has 0 saturated heterocycles. The summed E-state index contributed by atoms with van der Waals surface area (Å²) in [6.07, 6.45) is 2.40. The largest absolute Gasteiger partial charge is 0.398 e. The van der Waals surface area contributed by atoms with E-state index in [1.807, 2.05) is 36.4 Å². The van der Waals surface area contributed by atoms with E-state index in [1.54, 1.807) is 7.05 Å². The van der Waals surface area contributed by atoms with Crippen molar-refractivity contribution in [2.45, 2.75) is 25.7 Å². The quantitative estimate of drug-likeness (QED) is 0.614. The molecular weight excluding hydrogens is 366 g/mol. The van der Waals surface area contributed by atoms with Crippen LogP contribution < -0.4 is 11.1 Å². The van der Waals surface area contributed by atoms with E-state index in [0.29, 0.717) is 28.6 Å². The van der Waals surface area contributed by atoms with Crippen LogP contribution >= 0.6 is 15.9 Å². The molecule has 4 nitrogen and oxygen atoms in total. The number of nitrogen functional groups attached to an aromatic ring is 1. The summed E-state index contributed by atoms with van der Waals surface area (Å²) in [5.41, 5.74) is 11.0. The Hall–Kier alpha value is -2.14. The van der Waals surface area contributed by atoms with Crippen molar-refractivity contribution in [2.24, 2.45) is 4.99 Å². The van der Waals surface area contributed by atoms with Gasteiger partial charge in [0.25, 0.3) is 5.91 Å². The number of nitrogens with two attached hydrogens (primary N) is 1. The van der Waals surface area contributed by atoms with Crippen LogP contribution in [-0.2, 0) is 4.79 Å². The fourth-order valence-corrected chi connectivity index (χ4v) is 3.05. The van der Waals surface area contributed by atoms with Crippen LogP contribution in [0.3, 0.4) is 0 Å². The van der Waals surface area contributed by atoms with Crippen LogP contribution in [0, 0.1) is 6.92 Å². The Morgan fingerprint density at radius 2 is 1.92 bits per heavy atom. The number of likely N-dealkylation sites (N-methyl/N-ethyl adjacent to an activating group) is 1. The molecule has 3 rings (SSSR count). The van der Waals surface area contributed by atoms with Crippen molar-refractivity contribution in [1.29, 1.82) is 0 Å². The van der Waals surface area contributed by atoms with E-state index >= 15 is 0 Å². The zero-order valence-corrected chi connectivity index (χ0v) is 15.4. The smallest absolute Gasteiger partial charge is 0.270 e. The average molecular weight is 386 g/mol. The van der Waals surface area contributed by atoms with Gasteiger partial charge in [-0.05, 0) is 73.2 Å². The number of hydrogen-bond donors (Lipinski definition) is 2. The summed E-state index contributed by atoms with van der Waals surface area (Å²) in [6.45, 7) is 2.07. The molecule has 0 aromatic heterocycles. The maximum atomic E-state index is 12.4. The molecule has 0 unspecified atom stereocenters. The first kappa shape index (κ1) is 16.7. The molecule has 1 fully saturated rings. The van der Waals surface area contributed by atoms with Gasteiger partial charge in [-0.1, -0.05) is 15.9 Å². The number of amides is 1. The van der Waals surface area contributed by atoms with E-state index in [0.717, 1.165) is 4.47 Å². The normalized spacial score (nSPS) is 14.5. The molecule has 24 heavy (non-hydrogen) atoms. The van der Waals surface area contributed by atoms with Crippen LogP contribution in [0.5, 0.6) is 0 Å². The number of anilines is 1. The summed E-state index contributed by atoms with van der Waals surface area (Å²) in [5, 5.41) is 2.67. The molecule has 5 heteroatoms. The number of aryl methyl sites for hydroxylation is 1. The number of carbonyl (C=O) groups excluding carboxylic acids is 1. The minimum Gasteiger partial charge on any atom is -0.398 e. The van der Waals surface area contributed by atoms with Gasteiger partial charge in [-0.25, -0.2) is 4.99 Å². The van der Waals surface area contributed by atoms with Gasteiger partial charge in [0.15, 0.2) is 0 Å². The molecule has 2 aromatic rings. The second-order valence-corrected chi connectivity index (χ2v) is 7.00. The highest BCUT2D eigenvalue weighted by molar-refractivity contribution is 9.10. The zero-order valence-electron chi connectivity index (χ0n) is 13.8. The third-order valence-electron chi connectivity index (χ3n) is 4.22. The van der Waals surface area contributed by atoms with Crippen LogP contribution in [0.25, 0.3) is 0 Å². The molecular formula is C19H20BrN3O. The highest BCUT2D eigenvalue weighted by Crippen LogP contribution is 2.42. The standard InChI is InChI=1S/C19H20BrN3O/c1-11-9-17(21)16(10-15(11)12-3-4-12)18(19(24)22-2)23-14-7-5-13(20)6-8-14/h5-10,12H,3-4,21H2,1-2H3,(H,22,24). The maximum Gasteiger partial charge on any atom is 0.270 e. The Kier molecular flexibility index (Phi) is 4.71. The molecule has 2 aromatic carbocycles. The van der Waals surface area contributed by atoms with E-state index in [1.165, 1.54) is 24.0 Å². The number of nitrogens with one attached hydrogen (secondary N) is 1. The summed E-state index contributed by atoms with van der Waals surface area (Å²) < 4.78 is 0.966. The molecule has 0 atom stereocenters. The van der Waals surface area contributed by atoms with Crippen molar-refractivity contribution < 1.29 is 4.79 Å². The Balaban J connectivity index is 2.11. The lowest BCUT2D eigenvalue weighted by atomic mass is 9.96. The fraction of sp³-hybridized carbons (Fsp3) is 0.263. The summed E-state index contributed by atoms with van der Waals surface area (Å²) in [4.78, 5) is 17.0. The second kappa shape index (κ2) is 6.77. The van der Waals surface area contributed by atoms with Gasteiger partial charge in [0.05, 0.1) is 5.69 Å². The first-order chi connectivity index (χ1) is 11.5. The van der Waals surface area contributed by atoms with Gasteiger partial charge in [-0.3, -0.25) is 4.79 Å². The highest BCUT2D eigenvalue weighted by atomic mass is 79.9. The van der Waals surface area contributed by atoms with Crippen LogP contribution in [0.4, 0.5) is 11.4 Å². The Morgan fingerprint density at radius 1 is 1.25 bits per heavy atom. The summed E-state index contributed by atoms with van der Waals surface area (Å²) >= 11 is 3.40. The molecule has 0 radical (unpaired) electrons. The fourth-order valence-electron chi connectivity index (χ4n) is 2.78. The van der Waals surface area contributed by atoms with Gasteiger partial charge in [-0.2, -0.15) is 0 Å². The number of rotatable bonds is 4. The predicted molar refractivity (Wildman–Crippen MR) is 102 cm³/mol. The number of carbonyl (C=O) groups is 1. The topological polar surface area (TPSA) is 67.5 Å². The molecule has 0 bridgehead atoms. The SMILES string of the molecule is CNC(=O)C(=Nc1ccc(Br)cc1)c1cc(C2CC2)c(C)cc1N. The number of benzene rings is 2. The van der Waals surface area contributed by atoms with E-state index in [9.17, 15) is 4.79 Å². The van der Waals surface area contributed by atoms with Crippen LogP contribution in [0.15, 0.2) is 45.9 Å². The van der Waals surface area contributed by atoms with Crippen LogP contribution in [0.2, 0.25) is 0 Å². The molecule has 1 saturated carbocycles. The molecule has 1 aliphatic carbocycles. The van der Waals surface area contributed by atoms with Crippen LogP contribution in [-0.4, -0.2) is 18.7 Å². The average Bonchev–Trinajstić information content (AvgIpc) is 3.39. The third kappa shape index (κ3) is 3.51. The van der Waals surface area contributed by atoms with Crippen molar-refractivity contribution in [3.8, 4) is 0 Å². The summed E-state index contributed by atoms with van der Waals surface area (Å²) in [5.74, 6) is 0.346. The van der Waals surface area contributed by atoms with E-state index in [2.05, 4.69) is 33.2 Å². The monoisotopic (exact) mass is 385 g/mol. The third-order valence-corrected chi connectivity index (χ3v) is 4.75. The maximum absolute atomic E-state index is 12.4. The Bertz CT molecular complexity index is 808. The number of nitrogens with zero attached hydrogens (tertiary/aromatic N) is 1. The Labute approximate surface area is 150 Å². The first-order valence-electron chi connectivity index (χ1n) is 7.96. The lowest BCUT2D eigenvalue weighted by Gasteiger charge is -2.13. The minimum absolute atomic E-state index is 0.241. The van der Waals surface area contributed by atoms with E-state index in [-0.39, 0.29) is 5.91 Å². The predicted octanol–water partition coefficient (Wildman–Crippen LogP) is 4.08. The van der Waals surface area contributed by atoms with Crippen LogP contribution in [0.1, 0.15) is 35.4 Å². The van der Waals surface area contributed by atoms with E-state index < -0.39 is 0 Å². The lowest BCUT2D eigenvalue weighted by Crippen LogP contribution is -2.29. The van der Waals surface area contributed by atoms with Gasteiger partial charge in [0.2, 0.25) is 0 Å². The van der Waals surface area contributed by atoms with Crippen molar-refractivity contribution in [3.05, 3.63) is 57.6 Å². The molecule has 3 N–H and O–H groups in total. The minimum atomic E-state index is -0.241. The van der Waals surface area contributed by atoms with Crippen molar-refractivity contribution in [3.63, 3.8) is 0 Å². The van der Waals surface area contributed by atoms with Crippen molar-refractivity contribution in [1.82, 2.24) is 5.32 Å². The first-order valence-corrected chi connectivity index (χ1v) is 8.75. The second-order valence-electron chi connectivity index (χ2n) is 6.09. The summed E-state index contributed by atoms with van der Waals surface area (Å²) in [6, 6.07) is 11.5. The number of hydrogen-bond acceptors (Lipinski definition) is 3. The lowest BCUT2D eigenvalue weighted by molar-refractivity contribution is -0.114. The Morgan fingerprint density at radius 3 is 2.50 bits per heavy atom. The van der Waals surface area contributed by atoms with Gasteiger partial charge in [0.1, 0.15) is 5.71 Å². The van der Waals surface area contributed by atoms with Gasteiger partial charge in [-0.15, -0.1) is 0 Å². The molecule has 0 heterocycles. The highest BCUT2D eigenvalue weighted by Gasteiger charge is 2.27.